The summed E-state index contributed by atoms with van der Waals surface area (Å²) in [5.74, 6) is -0.120. The molecule has 0 fully saturated rings. The number of primary amides is 1. The molecule has 9 nitrogen and oxygen atoms in total. The fraction of sp³-hybridized carbons (Fsp3) is 0.300. The third-order valence-corrected chi connectivity index (χ3v) is 5.86. The molecule has 0 saturated carbocycles. The highest BCUT2D eigenvalue weighted by atomic mass is 32.2. The molecule has 1 unspecified atom stereocenters. The second-order valence-electron chi connectivity index (χ2n) is 7.03. The fourth-order valence-corrected chi connectivity index (χ4v) is 4.08. The number of benzene rings is 2. The van der Waals surface area contributed by atoms with Gasteiger partial charge in [0, 0.05) is 11.4 Å². The van der Waals surface area contributed by atoms with E-state index in [9.17, 15) is 18.0 Å². The van der Waals surface area contributed by atoms with Crippen LogP contribution in [-0.2, 0) is 14.8 Å². The maximum atomic E-state index is 12.9. The molecular weight excluding hydrogens is 408 g/mol. The van der Waals surface area contributed by atoms with Crippen molar-refractivity contribution in [2.24, 2.45) is 11.7 Å². The lowest BCUT2D eigenvalue weighted by Gasteiger charge is -2.21. The third-order valence-electron chi connectivity index (χ3n) is 4.33. The van der Waals surface area contributed by atoms with Crippen molar-refractivity contribution in [3.63, 3.8) is 0 Å². The number of hydrogen-bond acceptors (Lipinski definition) is 5. The standard InChI is InChI=1S/C20H26N4O5S/c1-12(2)18(23-20(21)26)19(25)22-15-6-5-13(3)17(11-15)30(27,28)24-14-7-9-16(29-4)10-8-14/h5-12,18,24H,1-4H3,(H,22,25)(H3,21,23,26). The molecule has 0 heterocycles. The summed E-state index contributed by atoms with van der Waals surface area (Å²) >= 11 is 0. The molecule has 2 aromatic carbocycles. The van der Waals surface area contributed by atoms with E-state index in [1.807, 2.05) is 0 Å². The number of hydrogen-bond donors (Lipinski definition) is 4. The van der Waals surface area contributed by atoms with Gasteiger partial charge in [0.15, 0.2) is 0 Å². The molecule has 5 N–H and O–H groups in total. The first-order chi connectivity index (χ1) is 14.0. The van der Waals surface area contributed by atoms with Gasteiger partial charge < -0.3 is 21.1 Å². The van der Waals surface area contributed by atoms with E-state index >= 15 is 0 Å². The van der Waals surface area contributed by atoms with Crippen molar-refractivity contribution < 1.29 is 22.7 Å². The summed E-state index contributed by atoms with van der Waals surface area (Å²) in [5, 5.41) is 5.01. The van der Waals surface area contributed by atoms with Gasteiger partial charge in [-0.1, -0.05) is 19.9 Å². The number of anilines is 2. The number of methoxy groups -OCH3 is 1. The maximum Gasteiger partial charge on any atom is 0.312 e. The number of nitrogens with two attached hydrogens (primary N) is 1. The van der Waals surface area contributed by atoms with Gasteiger partial charge in [-0.25, -0.2) is 13.2 Å². The van der Waals surface area contributed by atoms with Crippen molar-refractivity contribution >= 4 is 33.3 Å². The van der Waals surface area contributed by atoms with E-state index in [0.29, 0.717) is 17.0 Å². The lowest BCUT2D eigenvalue weighted by atomic mass is 10.0. The molecule has 162 valence electrons. The Labute approximate surface area is 176 Å². The van der Waals surface area contributed by atoms with Crippen LogP contribution in [-0.4, -0.2) is 33.5 Å². The number of aryl methyl sites for hydroxylation is 1. The molecule has 10 heteroatoms. The molecule has 0 spiro atoms. The van der Waals surface area contributed by atoms with Crippen LogP contribution in [0.2, 0.25) is 0 Å². The molecule has 0 saturated heterocycles. The van der Waals surface area contributed by atoms with Gasteiger partial charge in [-0.15, -0.1) is 0 Å². The van der Waals surface area contributed by atoms with Crippen LogP contribution in [0, 0.1) is 12.8 Å². The summed E-state index contributed by atoms with van der Waals surface area (Å²) in [6, 6.07) is 9.30. The van der Waals surface area contributed by atoms with Crippen LogP contribution in [0.5, 0.6) is 5.75 Å². The van der Waals surface area contributed by atoms with Gasteiger partial charge in [-0.05, 0) is 54.8 Å². The lowest BCUT2D eigenvalue weighted by Crippen LogP contribution is -2.49. The number of carbonyl (C=O) groups excluding carboxylic acids is 2. The molecule has 0 radical (unpaired) electrons. The summed E-state index contributed by atoms with van der Waals surface area (Å²) in [6.45, 7) is 5.16. The second kappa shape index (κ2) is 9.49. The average molecular weight is 435 g/mol. The lowest BCUT2D eigenvalue weighted by molar-refractivity contribution is -0.118. The van der Waals surface area contributed by atoms with E-state index in [4.69, 9.17) is 10.5 Å². The highest BCUT2D eigenvalue weighted by Crippen LogP contribution is 2.24. The summed E-state index contributed by atoms with van der Waals surface area (Å²) < 4.78 is 33.3. The Hall–Kier alpha value is -3.27. The van der Waals surface area contributed by atoms with Crippen LogP contribution < -0.4 is 25.8 Å². The van der Waals surface area contributed by atoms with E-state index in [1.165, 1.54) is 13.2 Å². The third kappa shape index (κ3) is 5.86. The largest absolute Gasteiger partial charge is 0.497 e. The molecule has 1 atom stereocenters. The van der Waals surface area contributed by atoms with E-state index in [1.54, 1.807) is 57.2 Å². The van der Waals surface area contributed by atoms with Crippen LogP contribution in [0.3, 0.4) is 0 Å². The van der Waals surface area contributed by atoms with Gasteiger partial charge in [0.2, 0.25) is 5.91 Å². The maximum absolute atomic E-state index is 12.9. The molecule has 0 aliphatic rings. The predicted octanol–water partition coefficient (Wildman–Crippen LogP) is 2.44. The molecule has 30 heavy (non-hydrogen) atoms. The van der Waals surface area contributed by atoms with Crippen molar-refractivity contribution in [1.29, 1.82) is 0 Å². The van der Waals surface area contributed by atoms with Crippen molar-refractivity contribution in [1.82, 2.24) is 5.32 Å². The zero-order valence-corrected chi connectivity index (χ0v) is 18.0. The van der Waals surface area contributed by atoms with E-state index in [2.05, 4.69) is 15.4 Å². The number of carbonyl (C=O) groups is 2. The van der Waals surface area contributed by atoms with E-state index in [0.717, 1.165) is 0 Å². The summed E-state index contributed by atoms with van der Waals surface area (Å²) in [4.78, 5) is 23.7. The number of ether oxygens (including phenoxy) is 1. The fourth-order valence-electron chi connectivity index (χ4n) is 2.74. The first kappa shape index (κ1) is 23.0. The quantitative estimate of drug-likeness (QED) is 0.505. The van der Waals surface area contributed by atoms with Gasteiger partial charge in [0.05, 0.1) is 12.0 Å². The number of sulfonamides is 1. The van der Waals surface area contributed by atoms with Crippen molar-refractivity contribution in [2.75, 3.05) is 17.1 Å². The normalized spacial score (nSPS) is 12.2. The summed E-state index contributed by atoms with van der Waals surface area (Å²) in [6.07, 6.45) is 0. The SMILES string of the molecule is COc1ccc(NS(=O)(=O)c2cc(NC(=O)C(NC(N)=O)C(C)C)ccc2C)cc1. The summed E-state index contributed by atoms with van der Waals surface area (Å²) in [5.41, 5.74) is 6.28. The molecule has 2 aromatic rings. The van der Waals surface area contributed by atoms with Gasteiger partial charge in [-0.2, -0.15) is 0 Å². The Morgan fingerprint density at radius 3 is 2.17 bits per heavy atom. The minimum atomic E-state index is -3.91. The Morgan fingerprint density at radius 2 is 1.63 bits per heavy atom. The number of nitrogens with one attached hydrogen (secondary N) is 3. The van der Waals surface area contributed by atoms with Gasteiger partial charge in [0.1, 0.15) is 11.8 Å². The van der Waals surface area contributed by atoms with Gasteiger partial charge >= 0.3 is 6.03 Å². The zero-order valence-electron chi connectivity index (χ0n) is 17.2. The Kier molecular flexibility index (Phi) is 7.28. The number of amides is 3. The van der Waals surface area contributed by atoms with Crippen LogP contribution in [0.15, 0.2) is 47.4 Å². The van der Waals surface area contributed by atoms with Crippen LogP contribution in [0.4, 0.5) is 16.2 Å². The Bertz CT molecular complexity index is 1020. The first-order valence-electron chi connectivity index (χ1n) is 9.18. The molecule has 0 aromatic heterocycles. The Balaban J connectivity index is 2.26. The molecule has 0 bridgehead atoms. The van der Waals surface area contributed by atoms with E-state index in [-0.39, 0.29) is 16.5 Å². The minimum Gasteiger partial charge on any atom is -0.497 e. The second-order valence-corrected chi connectivity index (χ2v) is 8.68. The number of rotatable bonds is 8. The summed E-state index contributed by atoms with van der Waals surface area (Å²) in [7, 11) is -2.39. The Morgan fingerprint density at radius 1 is 1.03 bits per heavy atom. The molecule has 3 amide bonds. The van der Waals surface area contributed by atoms with Gasteiger partial charge in [-0.3, -0.25) is 9.52 Å². The first-order valence-corrected chi connectivity index (χ1v) is 10.7. The molecule has 0 aliphatic carbocycles. The van der Waals surface area contributed by atoms with E-state index < -0.39 is 28.0 Å². The smallest absolute Gasteiger partial charge is 0.312 e. The van der Waals surface area contributed by atoms with Crippen LogP contribution in [0.1, 0.15) is 19.4 Å². The highest BCUT2D eigenvalue weighted by molar-refractivity contribution is 7.92. The van der Waals surface area contributed by atoms with Crippen LogP contribution in [0.25, 0.3) is 0 Å². The predicted molar refractivity (Wildman–Crippen MR) is 115 cm³/mol. The molecule has 2 rings (SSSR count). The monoisotopic (exact) mass is 434 g/mol. The highest BCUT2D eigenvalue weighted by Gasteiger charge is 2.24. The van der Waals surface area contributed by atoms with Crippen molar-refractivity contribution in [3.8, 4) is 5.75 Å². The van der Waals surface area contributed by atoms with Crippen LogP contribution >= 0.6 is 0 Å². The molecule has 0 aliphatic heterocycles. The zero-order chi connectivity index (χ0) is 22.5. The van der Waals surface area contributed by atoms with Crippen molar-refractivity contribution in [3.05, 3.63) is 48.0 Å². The topological polar surface area (TPSA) is 140 Å². The minimum absolute atomic E-state index is 0.0140. The number of urea groups is 1. The average Bonchev–Trinajstić information content (AvgIpc) is 2.67. The van der Waals surface area contributed by atoms with Crippen molar-refractivity contribution in [2.45, 2.75) is 31.7 Å². The van der Waals surface area contributed by atoms with Gasteiger partial charge in [0.25, 0.3) is 10.0 Å². The molecular formula is C20H26N4O5S.